The molecular formula is C19H24N4O2S. The van der Waals surface area contributed by atoms with E-state index in [0.29, 0.717) is 4.88 Å². The van der Waals surface area contributed by atoms with Crippen molar-refractivity contribution in [1.82, 2.24) is 10.2 Å². The fraction of sp³-hybridized carbons (Fsp3) is 0.368. The molecule has 0 unspecified atom stereocenters. The Labute approximate surface area is 157 Å². The first-order chi connectivity index (χ1) is 12.5. The molecular weight excluding hydrogens is 348 g/mol. The van der Waals surface area contributed by atoms with Gasteiger partial charge in [0.2, 0.25) is 5.91 Å². The first-order valence-corrected chi connectivity index (χ1v) is 9.56. The van der Waals surface area contributed by atoms with Crippen LogP contribution in [0, 0.1) is 6.92 Å². The van der Waals surface area contributed by atoms with E-state index < -0.39 is 0 Å². The fourth-order valence-corrected chi connectivity index (χ4v) is 3.54. The number of hydrogen-bond acceptors (Lipinski definition) is 5. The molecule has 138 valence electrons. The first-order valence-electron chi connectivity index (χ1n) is 8.68. The number of benzene rings is 1. The molecule has 0 spiro atoms. The van der Waals surface area contributed by atoms with Gasteiger partial charge in [-0.25, -0.2) is 0 Å². The van der Waals surface area contributed by atoms with Crippen LogP contribution in [0.15, 0.2) is 35.7 Å². The third kappa shape index (κ3) is 4.62. The normalized spacial score (nSPS) is 14.9. The summed E-state index contributed by atoms with van der Waals surface area (Å²) in [6.07, 6.45) is 0. The smallest absolute Gasteiger partial charge is 0.261 e. The molecule has 7 heteroatoms. The number of anilines is 2. The van der Waals surface area contributed by atoms with Crippen LogP contribution in [0.4, 0.5) is 11.4 Å². The molecule has 2 heterocycles. The Morgan fingerprint density at radius 1 is 1.15 bits per heavy atom. The molecule has 1 aliphatic heterocycles. The van der Waals surface area contributed by atoms with E-state index in [1.54, 1.807) is 6.07 Å². The summed E-state index contributed by atoms with van der Waals surface area (Å²) in [6.45, 7) is 6.07. The quantitative estimate of drug-likeness (QED) is 0.844. The molecule has 2 N–H and O–H groups in total. The minimum atomic E-state index is -0.231. The summed E-state index contributed by atoms with van der Waals surface area (Å²) in [7, 11) is 2.14. The number of carbonyl (C=O) groups is 2. The topological polar surface area (TPSA) is 64.7 Å². The lowest BCUT2D eigenvalue weighted by Gasteiger charge is -2.34. The van der Waals surface area contributed by atoms with Crippen LogP contribution >= 0.6 is 11.3 Å². The van der Waals surface area contributed by atoms with Crippen LogP contribution in [-0.2, 0) is 4.79 Å². The van der Waals surface area contributed by atoms with Gasteiger partial charge >= 0.3 is 0 Å². The van der Waals surface area contributed by atoms with Gasteiger partial charge in [0, 0.05) is 37.6 Å². The second-order valence-electron chi connectivity index (χ2n) is 6.50. The summed E-state index contributed by atoms with van der Waals surface area (Å²) < 4.78 is 0. The molecule has 2 aromatic rings. The zero-order chi connectivity index (χ0) is 18.5. The third-order valence-electron chi connectivity index (χ3n) is 4.51. The van der Waals surface area contributed by atoms with Gasteiger partial charge in [0.15, 0.2) is 0 Å². The van der Waals surface area contributed by atoms with E-state index in [-0.39, 0.29) is 18.4 Å². The molecule has 2 amide bonds. The van der Waals surface area contributed by atoms with Crippen molar-refractivity contribution >= 4 is 34.5 Å². The lowest BCUT2D eigenvalue weighted by molar-refractivity contribution is -0.115. The third-order valence-corrected chi connectivity index (χ3v) is 5.38. The van der Waals surface area contributed by atoms with Gasteiger partial charge < -0.3 is 20.4 Å². The zero-order valence-corrected chi connectivity index (χ0v) is 15.9. The van der Waals surface area contributed by atoms with Crippen molar-refractivity contribution in [2.45, 2.75) is 6.92 Å². The van der Waals surface area contributed by atoms with Gasteiger partial charge in [-0.2, -0.15) is 0 Å². The molecule has 3 rings (SSSR count). The molecule has 1 fully saturated rings. The van der Waals surface area contributed by atoms with E-state index in [2.05, 4.69) is 33.5 Å². The lowest BCUT2D eigenvalue weighted by atomic mass is 10.1. The molecule has 1 aromatic carbocycles. The molecule has 0 bridgehead atoms. The van der Waals surface area contributed by atoms with Crippen molar-refractivity contribution in [2.75, 3.05) is 50.0 Å². The molecule has 0 saturated carbocycles. The number of thiophene rings is 1. The predicted octanol–water partition coefficient (Wildman–Crippen LogP) is 2.18. The van der Waals surface area contributed by atoms with Gasteiger partial charge in [-0.1, -0.05) is 6.07 Å². The zero-order valence-electron chi connectivity index (χ0n) is 15.1. The molecule has 1 saturated heterocycles. The van der Waals surface area contributed by atoms with E-state index in [0.717, 1.165) is 37.4 Å². The van der Waals surface area contributed by atoms with Crippen molar-refractivity contribution in [3.05, 3.63) is 46.2 Å². The molecule has 0 atom stereocenters. The molecule has 0 aliphatic carbocycles. The van der Waals surface area contributed by atoms with Gasteiger partial charge in [-0.3, -0.25) is 9.59 Å². The number of likely N-dealkylation sites (N-methyl/N-ethyl adjacent to an activating group) is 1. The predicted molar refractivity (Wildman–Crippen MR) is 106 cm³/mol. The van der Waals surface area contributed by atoms with Gasteiger partial charge in [-0.15, -0.1) is 11.3 Å². The number of nitrogens with one attached hydrogen (secondary N) is 2. The minimum absolute atomic E-state index is 0.0453. The number of carbonyl (C=O) groups excluding carboxylic acids is 2. The second-order valence-corrected chi connectivity index (χ2v) is 7.45. The standard InChI is InChI=1S/C19H24N4O2S/c1-14-12-15(23-9-7-22(2)8-10-23)5-6-16(14)21-18(24)13-20-19(25)17-4-3-11-26-17/h3-6,11-12H,7-10,13H2,1-2H3,(H,20,25)(H,21,24). The molecule has 26 heavy (non-hydrogen) atoms. The van der Waals surface area contributed by atoms with Gasteiger partial charge in [-0.05, 0) is 49.2 Å². The maximum Gasteiger partial charge on any atom is 0.261 e. The minimum Gasteiger partial charge on any atom is -0.369 e. The van der Waals surface area contributed by atoms with Gasteiger partial charge in [0.1, 0.15) is 0 Å². The van der Waals surface area contributed by atoms with Crippen molar-refractivity contribution in [1.29, 1.82) is 0 Å². The van der Waals surface area contributed by atoms with E-state index in [9.17, 15) is 9.59 Å². The van der Waals surface area contributed by atoms with Crippen molar-refractivity contribution < 1.29 is 9.59 Å². The van der Waals surface area contributed by atoms with Gasteiger partial charge in [0.25, 0.3) is 5.91 Å². The number of amides is 2. The summed E-state index contributed by atoms with van der Waals surface area (Å²) in [6, 6.07) is 9.62. The summed E-state index contributed by atoms with van der Waals surface area (Å²) in [5.41, 5.74) is 2.97. The average molecular weight is 372 g/mol. The Kier molecular flexibility index (Phi) is 5.90. The van der Waals surface area contributed by atoms with Gasteiger partial charge in [0.05, 0.1) is 11.4 Å². The Balaban J connectivity index is 1.54. The SMILES string of the molecule is Cc1cc(N2CCN(C)CC2)ccc1NC(=O)CNC(=O)c1cccs1. The number of aryl methyl sites for hydroxylation is 1. The highest BCUT2D eigenvalue weighted by Gasteiger charge is 2.15. The number of nitrogens with zero attached hydrogens (tertiary/aromatic N) is 2. The molecule has 6 nitrogen and oxygen atoms in total. The van der Waals surface area contributed by atoms with Crippen molar-refractivity contribution in [3.63, 3.8) is 0 Å². The Morgan fingerprint density at radius 3 is 2.58 bits per heavy atom. The largest absolute Gasteiger partial charge is 0.369 e. The highest BCUT2D eigenvalue weighted by Crippen LogP contribution is 2.23. The fourth-order valence-electron chi connectivity index (χ4n) is 2.90. The van der Waals surface area contributed by atoms with Crippen molar-refractivity contribution in [3.8, 4) is 0 Å². The van der Waals surface area contributed by atoms with Crippen LogP contribution in [0.2, 0.25) is 0 Å². The van der Waals surface area contributed by atoms with Crippen LogP contribution < -0.4 is 15.5 Å². The van der Waals surface area contributed by atoms with Crippen LogP contribution in [0.5, 0.6) is 0 Å². The van der Waals surface area contributed by atoms with Crippen molar-refractivity contribution in [2.24, 2.45) is 0 Å². The summed E-state index contributed by atoms with van der Waals surface area (Å²) in [5, 5.41) is 7.34. The summed E-state index contributed by atoms with van der Waals surface area (Å²) in [5.74, 6) is -0.456. The highest BCUT2D eigenvalue weighted by atomic mass is 32.1. The van der Waals surface area contributed by atoms with E-state index in [1.165, 1.54) is 17.0 Å². The van der Waals surface area contributed by atoms with Crippen LogP contribution in [0.1, 0.15) is 15.2 Å². The Hall–Kier alpha value is -2.38. The monoisotopic (exact) mass is 372 g/mol. The van der Waals surface area contributed by atoms with E-state index in [4.69, 9.17) is 0 Å². The Bertz CT molecular complexity index is 768. The van der Waals surface area contributed by atoms with E-state index in [1.807, 2.05) is 30.5 Å². The number of hydrogen-bond donors (Lipinski definition) is 2. The van der Waals surface area contributed by atoms with Crippen LogP contribution in [0.25, 0.3) is 0 Å². The Morgan fingerprint density at radius 2 is 1.92 bits per heavy atom. The molecule has 1 aliphatic rings. The maximum atomic E-state index is 12.1. The first kappa shape index (κ1) is 18.4. The summed E-state index contributed by atoms with van der Waals surface area (Å²) in [4.78, 5) is 29.3. The lowest BCUT2D eigenvalue weighted by Crippen LogP contribution is -2.44. The maximum absolute atomic E-state index is 12.1. The summed E-state index contributed by atoms with van der Waals surface area (Å²) >= 11 is 1.35. The second kappa shape index (κ2) is 8.33. The average Bonchev–Trinajstić information content (AvgIpc) is 3.17. The van der Waals surface area contributed by atoms with Crippen LogP contribution in [-0.4, -0.2) is 56.5 Å². The number of rotatable bonds is 5. The molecule has 0 radical (unpaired) electrons. The van der Waals surface area contributed by atoms with Crippen LogP contribution in [0.3, 0.4) is 0 Å². The number of piperazine rings is 1. The molecule has 1 aromatic heterocycles. The van der Waals surface area contributed by atoms with E-state index >= 15 is 0 Å². The highest BCUT2D eigenvalue weighted by molar-refractivity contribution is 7.12.